The summed E-state index contributed by atoms with van der Waals surface area (Å²) >= 11 is 0. The SMILES string of the molecule is O=C(CN(Cc1ccccc1)c1ccccc1)N1CC[C@H](O)C1. The van der Waals surface area contributed by atoms with E-state index in [-0.39, 0.29) is 12.0 Å². The van der Waals surface area contributed by atoms with Gasteiger partial charge in [-0.2, -0.15) is 0 Å². The van der Waals surface area contributed by atoms with Gasteiger partial charge in [0.15, 0.2) is 0 Å². The van der Waals surface area contributed by atoms with Gasteiger partial charge < -0.3 is 14.9 Å². The van der Waals surface area contributed by atoms with E-state index >= 15 is 0 Å². The summed E-state index contributed by atoms with van der Waals surface area (Å²) in [7, 11) is 0. The molecule has 1 aliphatic rings. The van der Waals surface area contributed by atoms with Crippen LogP contribution in [0.4, 0.5) is 5.69 Å². The standard InChI is InChI=1S/C19H22N2O2/c22-18-11-12-20(14-18)19(23)15-21(17-9-5-2-6-10-17)13-16-7-3-1-4-8-16/h1-10,18,22H,11-15H2/t18-/m0/s1. The fourth-order valence-corrected chi connectivity index (χ4v) is 2.91. The zero-order valence-electron chi connectivity index (χ0n) is 13.1. The molecule has 23 heavy (non-hydrogen) atoms. The van der Waals surface area contributed by atoms with Gasteiger partial charge in [0.25, 0.3) is 0 Å². The predicted octanol–water partition coefficient (Wildman–Crippen LogP) is 2.29. The summed E-state index contributed by atoms with van der Waals surface area (Å²) in [6.45, 7) is 2.11. The summed E-state index contributed by atoms with van der Waals surface area (Å²) < 4.78 is 0. The van der Waals surface area contributed by atoms with Crippen molar-refractivity contribution in [2.24, 2.45) is 0 Å². The Morgan fingerprint density at radius 2 is 1.74 bits per heavy atom. The average molecular weight is 310 g/mol. The van der Waals surface area contributed by atoms with Gasteiger partial charge in [0, 0.05) is 25.3 Å². The van der Waals surface area contributed by atoms with Gasteiger partial charge in [-0.1, -0.05) is 48.5 Å². The molecule has 120 valence electrons. The summed E-state index contributed by atoms with van der Waals surface area (Å²) in [6.07, 6.45) is 0.300. The summed E-state index contributed by atoms with van der Waals surface area (Å²) in [5.74, 6) is 0.0707. The molecule has 1 atom stereocenters. The summed E-state index contributed by atoms with van der Waals surface area (Å²) in [5, 5.41) is 9.63. The van der Waals surface area contributed by atoms with Gasteiger partial charge in [0.2, 0.25) is 5.91 Å². The molecule has 1 amide bonds. The Kier molecular flexibility index (Phi) is 4.93. The summed E-state index contributed by atoms with van der Waals surface area (Å²) in [5.41, 5.74) is 2.20. The van der Waals surface area contributed by atoms with Gasteiger partial charge in [0.1, 0.15) is 0 Å². The normalized spacial score (nSPS) is 17.3. The van der Waals surface area contributed by atoms with Crippen LogP contribution in [0.3, 0.4) is 0 Å². The Morgan fingerprint density at radius 3 is 2.35 bits per heavy atom. The number of likely N-dealkylation sites (tertiary alicyclic amines) is 1. The molecule has 0 aromatic heterocycles. The molecular weight excluding hydrogens is 288 g/mol. The van der Waals surface area contributed by atoms with Crippen LogP contribution in [0.5, 0.6) is 0 Å². The van der Waals surface area contributed by atoms with Crippen LogP contribution < -0.4 is 4.90 Å². The van der Waals surface area contributed by atoms with Crippen molar-refractivity contribution in [3.05, 3.63) is 66.2 Å². The maximum Gasteiger partial charge on any atom is 0.242 e. The van der Waals surface area contributed by atoms with Crippen molar-refractivity contribution in [3.8, 4) is 0 Å². The Bertz CT molecular complexity index is 630. The molecule has 0 spiro atoms. The first kappa shape index (κ1) is 15.6. The van der Waals surface area contributed by atoms with Crippen LogP contribution >= 0.6 is 0 Å². The first-order valence-corrected chi connectivity index (χ1v) is 8.02. The molecule has 1 heterocycles. The van der Waals surface area contributed by atoms with Crippen LogP contribution in [0.15, 0.2) is 60.7 Å². The molecule has 0 unspecified atom stereocenters. The second-order valence-electron chi connectivity index (χ2n) is 5.96. The molecule has 4 nitrogen and oxygen atoms in total. The number of carbonyl (C=O) groups is 1. The molecule has 0 radical (unpaired) electrons. The summed E-state index contributed by atoms with van der Waals surface area (Å²) in [6, 6.07) is 20.1. The molecule has 1 N–H and O–H groups in total. The number of hydrogen-bond donors (Lipinski definition) is 1. The largest absolute Gasteiger partial charge is 0.391 e. The lowest BCUT2D eigenvalue weighted by molar-refractivity contribution is -0.129. The number of nitrogens with zero attached hydrogens (tertiary/aromatic N) is 2. The minimum atomic E-state index is -0.377. The Labute approximate surface area is 137 Å². The van der Waals surface area contributed by atoms with E-state index in [1.165, 1.54) is 5.56 Å². The van der Waals surface area contributed by atoms with E-state index in [1.54, 1.807) is 4.90 Å². The predicted molar refractivity (Wildman–Crippen MR) is 91.1 cm³/mol. The number of hydrogen-bond acceptors (Lipinski definition) is 3. The van der Waals surface area contributed by atoms with Gasteiger partial charge in [0.05, 0.1) is 12.6 Å². The topological polar surface area (TPSA) is 43.8 Å². The third kappa shape index (κ3) is 4.11. The highest BCUT2D eigenvalue weighted by Crippen LogP contribution is 2.18. The molecule has 2 aromatic rings. The number of benzene rings is 2. The number of aliphatic hydroxyl groups excluding tert-OH is 1. The van der Waals surface area contributed by atoms with Gasteiger partial charge in [-0.3, -0.25) is 4.79 Å². The van der Waals surface area contributed by atoms with Gasteiger partial charge in [-0.15, -0.1) is 0 Å². The number of carbonyl (C=O) groups excluding carboxylic acids is 1. The highest BCUT2D eigenvalue weighted by Gasteiger charge is 2.25. The third-order valence-electron chi connectivity index (χ3n) is 4.18. The minimum Gasteiger partial charge on any atom is -0.391 e. The third-order valence-corrected chi connectivity index (χ3v) is 4.18. The van der Waals surface area contributed by atoms with Crippen molar-refractivity contribution in [3.63, 3.8) is 0 Å². The molecule has 2 aromatic carbocycles. The fraction of sp³-hybridized carbons (Fsp3) is 0.316. The minimum absolute atomic E-state index is 0.0707. The van der Waals surface area contributed by atoms with Crippen molar-refractivity contribution < 1.29 is 9.90 Å². The van der Waals surface area contributed by atoms with Gasteiger partial charge in [-0.05, 0) is 24.1 Å². The Hall–Kier alpha value is -2.33. The van der Waals surface area contributed by atoms with Crippen LogP contribution in [0.1, 0.15) is 12.0 Å². The van der Waals surface area contributed by atoms with E-state index in [1.807, 2.05) is 48.5 Å². The molecule has 1 fully saturated rings. The maximum absolute atomic E-state index is 12.5. The number of β-amino-alcohol motifs (C(OH)–C–C–N with tert-alkyl or cyclic N) is 1. The first-order chi connectivity index (χ1) is 11.2. The van der Waals surface area contributed by atoms with E-state index in [9.17, 15) is 9.90 Å². The van der Waals surface area contributed by atoms with Crippen molar-refractivity contribution in [1.29, 1.82) is 0 Å². The lowest BCUT2D eigenvalue weighted by Crippen LogP contribution is -2.39. The molecule has 0 aliphatic carbocycles. The van der Waals surface area contributed by atoms with Crippen molar-refractivity contribution in [2.45, 2.75) is 19.1 Å². The fourth-order valence-electron chi connectivity index (χ4n) is 2.91. The Balaban J connectivity index is 1.74. The van der Waals surface area contributed by atoms with Crippen LogP contribution in [0, 0.1) is 0 Å². The van der Waals surface area contributed by atoms with Crippen LogP contribution in [-0.4, -0.2) is 41.7 Å². The molecule has 1 saturated heterocycles. The van der Waals surface area contributed by atoms with Crippen molar-refractivity contribution in [2.75, 3.05) is 24.5 Å². The average Bonchev–Trinajstić information content (AvgIpc) is 3.03. The number of rotatable bonds is 5. The molecular formula is C19H22N2O2. The zero-order valence-corrected chi connectivity index (χ0v) is 13.1. The number of anilines is 1. The van der Waals surface area contributed by atoms with E-state index in [0.717, 1.165) is 5.69 Å². The number of para-hydroxylation sites is 1. The number of aliphatic hydroxyl groups is 1. The van der Waals surface area contributed by atoms with E-state index in [4.69, 9.17) is 0 Å². The lowest BCUT2D eigenvalue weighted by atomic mass is 10.2. The highest BCUT2D eigenvalue weighted by atomic mass is 16.3. The van der Waals surface area contributed by atoms with E-state index in [0.29, 0.717) is 32.6 Å². The quantitative estimate of drug-likeness (QED) is 0.921. The molecule has 1 aliphatic heterocycles. The lowest BCUT2D eigenvalue weighted by Gasteiger charge is -2.27. The Morgan fingerprint density at radius 1 is 1.09 bits per heavy atom. The zero-order chi connectivity index (χ0) is 16.1. The second kappa shape index (κ2) is 7.29. The van der Waals surface area contributed by atoms with Gasteiger partial charge in [-0.25, -0.2) is 0 Å². The van der Waals surface area contributed by atoms with Gasteiger partial charge >= 0.3 is 0 Å². The van der Waals surface area contributed by atoms with Crippen molar-refractivity contribution in [1.82, 2.24) is 4.90 Å². The van der Waals surface area contributed by atoms with E-state index < -0.39 is 0 Å². The smallest absolute Gasteiger partial charge is 0.242 e. The molecule has 0 saturated carbocycles. The number of amides is 1. The monoisotopic (exact) mass is 310 g/mol. The van der Waals surface area contributed by atoms with Crippen LogP contribution in [-0.2, 0) is 11.3 Å². The first-order valence-electron chi connectivity index (χ1n) is 8.02. The molecule has 3 rings (SSSR count). The van der Waals surface area contributed by atoms with Crippen LogP contribution in [0.25, 0.3) is 0 Å². The van der Waals surface area contributed by atoms with E-state index in [2.05, 4.69) is 17.0 Å². The highest BCUT2D eigenvalue weighted by molar-refractivity contribution is 5.81. The van der Waals surface area contributed by atoms with Crippen LogP contribution in [0.2, 0.25) is 0 Å². The maximum atomic E-state index is 12.5. The molecule has 0 bridgehead atoms. The molecule has 4 heteroatoms. The van der Waals surface area contributed by atoms with Crippen molar-refractivity contribution >= 4 is 11.6 Å². The summed E-state index contributed by atoms with van der Waals surface area (Å²) in [4.78, 5) is 16.4. The second-order valence-corrected chi connectivity index (χ2v) is 5.96.